The molecule has 0 spiro atoms. The van der Waals surface area contributed by atoms with Crippen molar-refractivity contribution in [1.82, 2.24) is 15.3 Å². The first-order valence-electron chi connectivity index (χ1n) is 12.6. The van der Waals surface area contributed by atoms with E-state index in [2.05, 4.69) is 57.1 Å². The number of aryl methyl sites for hydroxylation is 2. The fourth-order valence-electron chi connectivity index (χ4n) is 5.24. The normalized spacial score (nSPS) is 24.1. The van der Waals surface area contributed by atoms with Gasteiger partial charge in [0, 0.05) is 31.9 Å². The number of benzene rings is 1. The van der Waals surface area contributed by atoms with Gasteiger partial charge < -0.3 is 34.4 Å². The number of phosphoric ester groups is 1. The van der Waals surface area contributed by atoms with E-state index in [4.69, 9.17) is 4.98 Å². The third-order valence-corrected chi connectivity index (χ3v) is 8.16. The zero-order chi connectivity index (χ0) is 25.4. The van der Waals surface area contributed by atoms with Gasteiger partial charge in [0.1, 0.15) is 11.4 Å². The molecule has 1 saturated heterocycles. The molecule has 2 saturated carbocycles. The number of aromatic nitrogens is 2. The number of carbonyl (C=O) groups is 1. The Balaban J connectivity index is 0.00000200. The van der Waals surface area contributed by atoms with Crippen LogP contribution in [0.25, 0.3) is 0 Å². The van der Waals surface area contributed by atoms with Crippen molar-refractivity contribution in [3.8, 4) is 0 Å². The van der Waals surface area contributed by atoms with Crippen molar-refractivity contribution in [3.05, 3.63) is 46.6 Å². The Hall–Kier alpha value is -0.520. The molecule has 13 heteroatoms. The van der Waals surface area contributed by atoms with E-state index < -0.39 is 13.9 Å². The summed E-state index contributed by atoms with van der Waals surface area (Å²) < 4.78 is 15.5. The summed E-state index contributed by atoms with van der Waals surface area (Å²) in [6, 6.07) is 6.13. The Kier molecular flexibility index (Phi) is 11.3. The van der Waals surface area contributed by atoms with Gasteiger partial charge in [-0.1, -0.05) is 18.2 Å². The van der Waals surface area contributed by atoms with Crippen LogP contribution in [0, 0.1) is 25.7 Å². The summed E-state index contributed by atoms with van der Waals surface area (Å²) in [4.78, 5) is 46.4. The van der Waals surface area contributed by atoms with Crippen molar-refractivity contribution in [2.24, 2.45) is 11.8 Å². The Labute approximate surface area is 267 Å². The number of phosphoric acid groups is 1. The van der Waals surface area contributed by atoms with Crippen LogP contribution >= 0.6 is 7.82 Å². The maximum absolute atomic E-state index is 13.2. The number of piperidine rings is 1. The van der Waals surface area contributed by atoms with Crippen LogP contribution in [0.3, 0.4) is 0 Å². The maximum atomic E-state index is 13.2. The first-order valence-corrected chi connectivity index (χ1v) is 14.0. The molecular formula is C25H32N5Na2O5P. The smallest absolute Gasteiger partial charge is 0.790 e. The predicted octanol–water partition coefficient (Wildman–Crippen LogP) is -3.94. The molecule has 2 aliphatic carbocycles. The number of nitrogens with one attached hydrogen (secondary N) is 2. The first kappa shape index (κ1) is 32.0. The molecule has 2 heterocycles. The monoisotopic (exact) mass is 559 g/mol. The molecule has 2 unspecified atom stereocenters. The van der Waals surface area contributed by atoms with E-state index in [1.807, 2.05) is 0 Å². The van der Waals surface area contributed by atoms with Gasteiger partial charge in [-0.05, 0) is 74.5 Å². The Morgan fingerprint density at radius 2 is 1.79 bits per heavy atom. The van der Waals surface area contributed by atoms with Gasteiger partial charge in [0.15, 0.2) is 0 Å². The second-order valence-electron chi connectivity index (χ2n) is 10.4. The third kappa shape index (κ3) is 8.26. The minimum Gasteiger partial charge on any atom is -0.790 e. The second kappa shape index (κ2) is 13.4. The molecule has 2 aromatic rings. The van der Waals surface area contributed by atoms with Gasteiger partial charge in [-0.25, -0.2) is 4.98 Å². The predicted molar refractivity (Wildman–Crippen MR) is 131 cm³/mol. The van der Waals surface area contributed by atoms with Crippen molar-refractivity contribution in [2.45, 2.75) is 64.6 Å². The Morgan fingerprint density at radius 3 is 2.42 bits per heavy atom. The number of amides is 1. The molecule has 0 bridgehead atoms. The van der Waals surface area contributed by atoms with Gasteiger partial charge in [-0.2, -0.15) is 4.98 Å². The number of rotatable bonds is 8. The molecule has 3 fully saturated rings. The van der Waals surface area contributed by atoms with Crippen LogP contribution in [0.2, 0.25) is 0 Å². The molecule has 1 aromatic heterocycles. The summed E-state index contributed by atoms with van der Waals surface area (Å²) in [5.41, 5.74) is 3.90. The minimum absolute atomic E-state index is 0. The van der Waals surface area contributed by atoms with Crippen molar-refractivity contribution < 1.29 is 82.8 Å². The number of fused-ring (bicyclic) bond motifs is 1. The van der Waals surface area contributed by atoms with Crippen LogP contribution in [0.5, 0.6) is 0 Å². The SMILES string of the molecule is Cc1ccc(CNc2nc(N3CC4CC4C3)ncc2C(=O)NC2CCC(OP(=O)([O-])[O-])CC2)cc1C.[Na+].[Na+]. The van der Waals surface area contributed by atoms with Gasteiger partial charge in [0.05, 0.1) is 13.9 Å². The summed E-state index contributed by atoms with van der Waals surface area (Å²) in [7, 11) is -5.01. The van der Waals surface area contributed by atoms with Crippen LogP contribution in [0.15, 0.2) is 24.4 Å². The molecular weight excluding hydrogens is 527 g/mol. The van der Waals surface area contributed by atoms with E-state index in [0.717, 1.165) is 30.5 Å². The largest absolute Gasteiger partial charge is 1.00 e. The van der Waals surface area contributed by atoms with Crippen molar-refractivity contribution in [1.29, 1.82) is 0 Å². The minimum atomic E-state index is -5.01. The van der Waals surface area contributed by atoms with Crippen LogP contribution in [0.1, 0.15) is 59.2 Å². The standard InChI is InChI=1S/C25H34N5O5P.2Na/c1-15-3-4-17(9-16(15)2)11-26-23-22(12-27-25(29-23)30-13-18-10-19(18)14-30)24(31)28-20-5-7-21(8-6-20)35-36(32,33)34;;/h3-4,9,12,18-21H,5-8,10-11,13-14H2,1-2H3,(H,28,31)(H,26,27,29)(H2,32,33,34);;/q;2*+1/p-2. The third-order valence-electron chi connectivity index (χ3n) is 7.60. The first-order chi connectivity index (χ1) is 17.1. The van der Waals surface area contributed by atoms with Crippen LogP contribution in [0.4, 0.5) is 11.8 Å². The number of hydrogen-bond acceptors (Lipinski definition) is 9. The molecule has 5 rings (SSSR count). The van der Waals surface area contributed by atoms with Gasteiger partial charge in [-0.3, -0.25) is 4.79 Å². The number of hydrogen-bond donors (Lipinski definition) is 2. The summed E-state index contributed by atoms with van der Waals surface area (Å²) in [5, 5.41) is 6.38. The van der Waals surface area contributed by atoms with Gasteiger partial charge in [0.25, 0.3) is 5.91 Å². The Morgan fingerprint density at radius 1 is 1.11 bits per heavy atom. The van der Waals surface area contributed by atoms with Crippen LogP contribution < -0.4 is 84.4 Å². The molecule has 0 radical (unpaired) electrons. The van der Waals surface area contributed by atoms with Crippen molar-refractivity contribution in [2.75, 3.05) is 23.3 Å². The van der Waals surface area contributed by atoms with E-state index in [0.29, 0.717) is 49.6 Å². The van der Waals surface area contributed by atoms with Gasteiger partial charge >= 0.3 is 59.1 Å². The molecule has 1 aliphatic heterocycles. The Bertz CT molecular complexity index is 1180. The van der Waals surface area contributed by atoms with Gasteiger partial charge in [-0.15, -0.1) is 0 Å². The molecule has 3 aliphatic rings. The van der Waals surface area contributed by atoms with E-state index in [-0.39, 0.29) is 71.1 Å². The average Bonchev–Trinajstić information content (AvgIpc) is 3.44. The molecule has 1 amide bonds. The summed E-state index contributed by atoms with van der Waals surface area (Å²) in [6.45, 7) is 6.59. The molecule has 2 N–H and O–H groups in total. The van der Waals surface area contributed by atoms with E-state index in [9.17, 15) is 19.1 Å². The number of carbonyl (C=O) groups excluding carboxylic acids is 1. The summed E-state index contributed by atoms with van der Waals surface area (Å²) in [5.74, 6) is 2.32. The zero-order valence-corrected chi connectivity index (χ0v) is 27.5. The molecule has 194 valence electrons. The summed E-state index contributed by atoms with van der Waals surface area (Å²) >= 11 is 0. The maximum Gasteiger partial charge on any atom is 1.00 e. The van der Waals surface area contributed by atoms with Crippen molar-refractivity contribution in [3.63, 3.8) is 0 Å². The van der Waals surface area contributed by atoms with Crippen LogP contribution in [-0.4, -0.2) is 41.1 Å². The van der Waals surface area contributed by atoms with E-state index in [1.54, 1.807) is 6.20 Å². The second-order valence-corrected chi connectivity index (χ2v) is 11.5. The van der Waals surface area contributed by atoms with Crippen LogP contribution in [-0.2, 0) is 15.6 Å². The van der Waals surface area contributed by atoms with E-state index >= 15 is 0 Å². The van der Waals surface area contributed by atoms with E-state index in [1.165, 1.54) is 17.5 Å². The summed E-state index contributed by atoms with van der Waals surface area (Å²) in [6.07, 6.45) is 4.08. The molecule has 38 heavy (non-hydrogen) atoms. The topological polar surface area (TPSA) is 143 Å². The number of anilines is 2. The average molecular weight is 560 g/mol. The molecule has 2 atom stereocenters. The number of nitrogens with zero attached hydrogens (tertiary/aromatic N) is 3. The fraction of sp³-hybridized carbons (Fsp3) is 0.560. The van der Waals surface area contributed by atoms with Gasteiger partial charge in [0.2, 0.25) is 5.95 Å². The van der Waals surface area contributed by atoms with Crippen molar-refractivity contribution >= 4 is 25.5 Å². The molecule has 1 aromatic carbocycles. The quantitative estimate of drug-likeness (QED) is 0.245. The zero-order valence-electron chi connectivity index (χ0n) is 22.6. The fourth-order valence-corrected chi connectivity index (χ4v) is 5.82. The molecule has 10 nitrogen and oxygen atoms in total.